The first kappa shape index (κ1) is 16.9. The average Bonchev–Trinajstić information content (AvgIpc) is 3.06. The normalized spacial score (nSPS) is 14.1. The summed E-state index contributed by atoms with van der Waals surface area (Å²) in [7, 11) is 0. The Morgan fingerprint density at radius 3 is 2.04 bits per heavy atom. The van der Waals surface area contributed by atoms with E-state index in [1.54, 1.807) is 0 Å². The van der Waals surface area contributed by atoms with E-state index >= 15 is 0 Å². The van der Waals surface area contributed by atoms with Gasteiger partial charge in [-0.3, -0.25) is 9.48 Å². The van der Waals surface area contributed by atoms with E-state index in [4.69, 9.17) is 11.6 Å². The van der Waals surface area contributed by atoms with Gasteiger partial charge in [-0.2, -0.15) is 0 Å². The Morgan fingerprint density at radius 1 is 0.769 bits per heavy atom. The highest BCUT2D eigenvalue weighted by Crippen LogP contribution is 2.18. The van der Waals surface area contributed by atoms with Gasteiger partial charge in [0.15, 0.2) is 0 Å². The molecular weight excluding hydrogens is 340 g/mol. The van der Waals surface area contributed by atoms with E-state index in [9.17, 15) is 0 Å². The Labute approximate surface area is 160 Å². The molecule has 3 aromatic rings. The van der Waals surface area contributed by atoms with Crippen molar-refractivity contribution >= 4 is 17.4 Å². The molecule has 1 heterocycles. The number of rotatable bonds is 5. The van der Waals surface area contributed by atoms with Crippen LogP contribution in [-0.2, 0) is 13.1 Å². The summed E-state index contributed by atoms with van der Waals surface area (Å²) >= 11 is 6.11. The quantitative estimate of drug-likeness (QED) is 0.591. The molecule has 130 valence electrons. The second-order valence-corrected chi connectivity index (χ2v) is 7.08. The molecule has 3 aromatic carbocycles. The molecule has 0 saturated heterocycles. The molecule has 0 amide bonds. The van der Waals surface area contributed by atoms with Crippen molar-refractivity contribution < 1.29 is 4.58 Å². The summed E-state index contributed by atoms with van der Waals surface area (Å²) in [5.41, 5.74) is 3.89. The van der Waals surface area contributed by atoms with Crippen LogP contribution >= 0.6 is 11.6 Å². The molecule has 0 aliphatic carbocycles. The van der Waals surface area contributed by atoms with Crippen molar-refractivity contribution in [2.75, 3.05) is 13.1 Å². The summed E-state index contributed by atoms with van der Waals surface area (Å²) < 4.78 is 2.47. The van der Waals surface area contributed by atoms with E-state index in [1.165, 1.54) is 22.5 Å². The van der Waals surface area contributed by atoms with Crippen molar-refractivity contribution in [3.8, 4) is 0 Å². The summed E-state index contributed by atoms with van der Waals surface area (Å²) in [6.07, 6.45) is 0. The summed E-state index contributed by atoms with van der Waals surface area (Å²) in [6, 6.07) is 29.5. The molecule has 26 heavy (non-hydrogen) atoms. The predicted octanol–water partition coefficient (Wildman–Crippen LogP) is 4.82. The topological polar surface area (TPSA) is 6.25 Å². The molecule has 0 bridgehead atoms. The lowest BCUT2D eigenvalue weighted by Crippen LogP contribution is -2.30. The minimum Gasteiger partial charge on any atom is -0.253 e. The molecule has 0 saturated carbocycles. The van der Waals surface area contributed by atoms with Gasteiger partial charge >= 0.3 is 0 Å². The summed E-state index contributed by atoms with van der Waals surface area (Å²) in [5, 5.41) is 0.775. The van der Waals surface area contributed by atoms with Crippen LogP contribution in [0.5, 0.6) is 0 Å². The van der Waals surface area contributed by atoms with Crippen molar-refractivity contribution in [1.82, 2.24) is 4.90 Å². The second-order valence-electron chi connectivity index (χ2n) is 6.64. The molecule has 0 radical (unpaired) electrons. The van der Waals surface area contributed by atoms with Gasteiger partial charge in [-0.25, -0.2) is 0 Å². The molecule has 0 spiro atoms. The van der Waals surface area contributed by atoms with Gasteiger partial charge < -0.3 is 0 Å². The van der Waals surface area contributed by atoms with Crippen LogP contribution in [-0.4, -0.2) is 28.4 Å². The third-order valence-electron chi connectivity index (χ3n) is 4.77. The van der Waals surface area contributed by atoms with E-state index in [1.807, 2.05) is 12.1 Å². The lowest BCUT2D eigenvalue weighted by atomic mass is 10.1. The highest BCUT2D eigenvalue weighted by molar-refractivity contribution is 6.30. The molecule has 1 aliphatic rings. The van der Waals surface area contributed by atoms with Crippen LogP contribution in [0.1, 0.15) is 16.7 Å². The number of hydrogen-bond acceptors (Lipinski definition) is 1. The highest BCUT2D eigenvalue weighted by atomic mass is 35.5. The molecule has 0 fully saturated rings. The zero-order valence-electron chi connectivity index (χ0n) is 14.7. The molecule has 2 nitrogen and oxygen atoms in total. The maximum absolute atomic E-state index is 6.11. The SMILES string of the molecule is Clc1ccc(C2=[N+](Cc3ccccc3)CCN2Cc2ccccc2)cc1. The van der Waals surface area contributed by atoms with E-state index in [0.717, 1.165) is 31.2 Å². The molecule has 0 atom stereocenters. The smallest absolute Gasteiger partial charge is 0.253 e. The fraction of sp³-hybridized carbons (Fsp3) is 0.174. The van der Waals surface area contributed by atoms with Crippen LogP contribution in [0.25, 0.3) is 0 Å². The minimum atomic E-state index is 0.775. The minimum absolute atomic E-state index is 0.775. The van der Waals surface area contributed by atoms with Gasteiger partial charge in [0.1, 0.15) is 26.2 Å². The second kappa shape index (κ2) is 7.76. The maximum atomic E-state index is 6.11. The first-order chi connectivity index (χ1) is 12.8. The fourth-order valence-electron chi connectivity index (χ4n) is 3.53. The standard InChI is InChI=1S/C23H22ClN2/c24-22-13-11-21(12-14-22)23-25(17-19-7-3-1-4-8-19)15-16-26(23)18-20-9-5-2-6-10-20/h1-14H,15-18H2/q+1. The number of benzene rings is 3. The summed E-state index contributed by atoms with van der Waals surface area (Å²) in [4.78, 5) is 2.47. The van der Waals surface area contributed by atoms with Crippen LogP contribution in [0.3, 0.4) is 0 Å². The number of amidine groups is 1. The van der Waals surface area contributed by atoms with Gasteiger partial charge in [0.2, 0.25) is 0 Å². The van der Waals surface area contributed by atoms with Gasteiger partial charge in [-0.1, -0.05) is 72.3 Å². The average molecular weight is 362 g/mol. The monoisotopic (exact) mass is 361 g/mol. The Bertz CT molecular complexity index is 887. The van der Waals surface area contributed by atoms with Crippen LogP contribution < -0.4 is 0 Å². The van der Waals surface area contributed by atoms with Crippen molar-refractivity contribution in [2.24, 2.45) is 0 Å². The Kier molecular flexibility index (Phi) is 5.03. The van der Waals surface area contributed by atoms with E-state index in [2.05, 4.69) is 82.3 Å². The Hall–Kier alpha value is -2.58. The van der Waals surface area contributed by atoms with Gasteiger partial charge in [0.25, 0.3) is 5.84 Å². The van der Waals surface area contributed by atoms with E-state index < -0.39 is 0 Å². The number of nitrogens with zero attached hydrogens (tertiary/aromatic N) is 2. The van der Waals surface area contributed by atoms with E-state index in [-0.39, 0.29) is 0 Å². The van der Waals surface area contributed by atoms with Gasteiger partial charge in [0, 0.05) is 5.02 Å². The molecule has 4 rings (SSSR count). The lowest BCUT2D eigenvalue weighted by molar-refractivity contribution is -0.533. The highest BCUT2D eigenvalue weighted by Gasteiger charge is 2.31. The van der Waals surface area contributed by atoms with Crippen LogP contribution in [0.4, 0.5) is 0 Å². The number of halogens is 1. The third-order valence-corrected chi connectivity index (χ3v) is 5.03. The van der Waals surface area contributed by atoms with Crippen molar-refractivity contribution in [3.05, 3.63) is 107 Å². The van der Waals surface area contributed by atoms with Gasteiger partial charge in [-0.15, -0.1) is 0 Å². The molecule has 0 unspecified atom stereocenters. The molecule has 3 heteroatoms. The van der Waals surface area contributed by atoms with Crippen molar-refractivity contribution in [1.29, 1.82) is 0 Å². The van der Waals surface area contributed by atoms with Crippen LogP contribution in [0, 0.1) is 0 Å². The summed E-state index contributed by atoms with van der Waals surface area (Å²) in [6.45, 7) is 3.90. The largest absolute Gasteiger partial charge is 0.280 e. The van der Waals surface area contributed by atoms with E-state index in [0.29, 0.717) is 0 Å². The maximum Gasteiger partial charge on any atom is 0.280 e. The molecular formula is C23H22ClN2+. The van der Waals surface area contributed by atoms with Crippen LogP contribution in [0.2, 0.25) is 5.02 Å². The molecule has 1 aliphatic heterocycles. The van der Waals surface area contributed by atoms with Crippen molar-refractivity contribution in [2.45, 2.75) is 13.1 Å². The van der Waals surface area contributed by atoms with Gasteiger partial charge in [-0.05, 0) is 35.4 Å². The lowest BCUT2D eigenvalue weighted by Gasteiger charge is -2.14. The first-order valence-corrected chi connectivity index (χ1v) is 9.38. The van der Waals surface area contributed by atoms with Crippen LogP contribution in [0.15, 0.2) is 84.9 Å². The van der Waals surface area contributed by atoms with Gasteiger partial charge in [0.05, 0.1) is 5.56 Å². The zero-order valence-corrected chi connectivity index (χ0v) is 15.4. The molecule has 0 N–H and O–H groups in total. The molecule has 0 aromatic heterocycles. The first-order valence-electron chi connectivity index (χ1n) is 9.00. The predicted molar refractivity (Wildman–Crippen MR) is 108 cm³/mol. The van der Waals surface area contributed by atoms with Crippen molar-refractivity contribution in [3.63, 3.8) is 0 Å². The Morgan fingerprint density at radius 2 is 1.38 bits per heavy atom. The number of hydrogen-bond donors (Lipinski definition) is 0. The third kappa shape index (κ3) is 3.81. The Balaban J connectivity index is 1.69. The fourth-order valence-corrected chi connectivity index (χ4v) is 3.66. The zero-order chi connectivity index (χ0) is 17.8. The summed E-state index contributed by atoms with van der Waals surface area (Å²) in [5.74, 6) is 1.29.